The summed E-state index contributed by atoms with van der Waals surface area (Å²) in [7, 11) is -3.77. The molecule has 27 heavy (non-hydrogen) atoms. The van der Waals surface area contributed by atoms with Crippen molar-refractivity contribution in [1.82, 2.24) is 9.97 Å². The van der Waals surface area contributed by atoms with Crippen molar-refractivity contribution in [3.8, 4) is 0 Å². The molecule has 0 fully saturated rings. The zero-order valence-electron chi connectivity index (χ0n) is 13.8. The number of sulfonamides is 1. The highest BCUT2D eigenvalue weighted by Gasteiger charge is 2.15. The predicted molar refractivity (Wildman–Crippen MR) is 113 cm³/mol. The molecule has 2 aromatic carbocycles. The van der Waals surface area contributed by atoms with Crippen LogP contribution in [0.3, 0.4) is 0 Å². The molecule has 0 radical (unpaired) electrons. The van der Waals surface area contributed by atoms with Crippen LogP contribution in [0.15, 0.2) is 76.4 Å². The summed E-state index contributed by atoms with van der Waals surface area (Å²) in [5.74, 6) is 0.0131. The lowest BCUT2D eigenvalue weighted by molar-refractivity contribution is 0.601. The van der Waals surface area contributed by atoms with Crippen molar-refractivity contribution >= 4 is 60.6 Å². The van der Waals surface area contributed by atoms with Gasteiger partial charge in [0.2, 0.25) is 5.95 Å². The average molecular weight is 464 g/mol. The second-order valence-electron chi connectivity index (χ2n) is 5.29. The van der Waals surface area contributed by atoms with Crippen LogP contribution in [0.4, 0.5) is 17.3 Å². The number of halogens is 1. The Labute approximate surface area is 170 Å². The minimum Gasteiger partial charge on any atom is -0.332 e. The molecule has 3 aromatic rings. The Morgan fingerprint density at radius 3 is 2.26 bits per heavy atom. The molecular formula is C17H14BrN5O2S2. The Morgan fingerprint density at radius 1 is 0.926 bits per heavy atom. The molecule has 0 amide bonds. The van der Waals surface area contributed by atoms with Gasteiger partial charge in [0.15, 0.2) is 5.11 Å². The molecule has 3 rings (SSSR count). The molecule has 0 aliphatic rings. The molecule has 1 aromatic heterocycles. The van der Waals surface area contributed by atoms with Gasteiger partial charge in [-0.05, 0) is 60.7 Å². The third-order valence-electron chi connectivity index (χ3n) is 3.30. The summed E-state index contributed by atoms with van der Waals surface area (Å²) in [5, 5.41) is 6.44. The van der Waals surface area contributed by atoms with Gasteiger partial charge >= 0.3 is 0 Å². The second kappa shape index (κ2) is 8.42. The standard InChI is InChI=1S/C17H14BrN5O2S2/c18-12-3-1-4-14(11-12)22-17(26)21-13-5-7-15(8-6-13)27(24,25)23-16-19-9-2-10-20-16/h1-11H,(H,19,20,23)(H2,21,22,26). The van der Waals surface area contributed by atoms with E-state index in [-0.39, 0.29) is 10.8 Å². The molecule has 0 spiro atoms. The maximum absolute atomic E-state index is 12.4. The first-order valence-corrected chi connectivity index (χ1v) is 10.3. The molecule has 0 unspecified atom stereocenters. The molecular weight excluding hydrogens is 450 g/mol. The molecule has 10 heteroatoms. The molecule has 1 heterocycles. The monoisotopic (exact) mass is 463 g/mol. The van der Waals surface area contributed by atoms with Crippen molar-refractivity contribution in [2.45, 2.75) is 4.90 Å². The van der Waals surface area contributed by atoms with Crippen LogP contribution < -0.4 is 15.4 Å². The molecule has 0 bridgehead atoms. The van der Waals surface area contributed by atoms with Gasteiger partial charge in [-0.1, -0.05) is 22.0 Å². The summed E-state index contributed by atoms with van der Waals surface area (Å²) in [4.78, 5) is 7.79. The number of benzene rings is 2. The summed E-state index contributed by atoms with van der Waals surface area (Å²) in [6, 6.07) is 15.3. The lowest BCUT2D eigenvalue weighted by Gasteiger charge is -2.11. The first-order valence-electron chi connectivity index (χ1n) is 7.66. The number of rotatable bonds is 5. The third kappa shape index (κ3) is 5.46. The van der Waals surface area contributed by atoms with Crippen molar-refractivity contribution in [2.75, 3.05) is 15.4 Å². The van der Waals surface area contributed by atoms with Crippen molar-refractivity contribution in [1.29, 1.82) is 0 Å². The van der Waals surface area contributed by atoms with Crippen LogP contribution in [0, 0.1) is 0 Å². The fourth-order valence-electron chi connectivity index (χ4n) is 2.11. The number of anilines is 3. The Morgan fingerprint density at radius 2 is 1.59 bits per heavy atom. The molecule has 0 aliphatic carbocycles. The number of hydrogen-bond acceptors (Lipinski definition) is 5. The Kier molecular flexibility index (Phi) is 5.99. The summed E-state index contributed by atoms with van der Waals surface area (Å²) >= 11 is 8.66. The van der Waals surface area contributed by atoms with Crippen LogP contribution in [-0.2, 0) is 10.0 Å². The molecule has 3 N–H and O–H groups in total. The van der Waals surface area contributed by atoms with E-state index in [1.807, 2.05) is 24.3 Å². The van der Waals surface area contributed by atoms with E-state index in [1.54, 1.807) is 18.2 Å². The predicted octanol–water partition coefficient (Wildman–Crippen LogP) is 3.85. The minimum absolute atomic E-state index is 0.0131. The zero-order valence-corrected chi connectivity index (χ0v) is 17.0. The van der Waals surface area contributed by atoms with Gasteiger partial charge < -0.3 is 10.6 Å². The largest absolute Gasteiger partial charge is 0.332 e. The van der Waals surface area contributed by atoms with E-state index in [0.29, 0.717) is 10.8 Å². The molecule has 7 nitrogen and oxygen atoms in total. The molecule has 0 atom stereocenters. The number of aromatic nitrogens is 2. The van der Waals surface area contributed by atoms with Crippen LogP contribution in [0.2, 0.25) is 0 Å². The van der Waals surface area contributed by atoms with Crippen LogP contribution in [-0.4, -0.2) is 23.5 Å². The smallest absolute Gasteiger partial charge is 0.264 e. The molecule has 138 valence electrons. The summed E-state index contributed by atoms with van der Waals surface area (Å²) < 4.78 is 28.0. The normalized spacial score (nSPS) is 10.9. The van der Waals surface area contributed by atoms with Crippen LogP contribution >= 0.6 is 28.1 Å². The first-order chi connectivity index (χ1) is 12.9. The van der Waals surface area contributed by atoms with E-state index in [1.165, 1.54) is 24.5 Å². The first kappa shape index (κ1) is 19.2. The van der Waals surface area contributed by atoms with Gasteiger partial charge in [0, 0.05) is 28.2 Å². The van der Waals surface area contributed by atoms with E-state index in [4.69, 9.17) is 12.2 Å². The topological polar surface area (TPSA) is 96.0 Å². The highest BCUT2D eigenvalue weighted by atomic mass is 79.9. The maximum atomic E-state index is 12.4. The van der Waals surface area contributed by atoms with E-state index in [2.05, 4.69) is 41.3 Å². The van der Waals surface area contributed by atoms with E-state index < -0.39 is 10.0 Å². The van der Waals surface area contributed by atoms with Crippen molar-refractivity contribution in [3.63, 3.8) is 0 Å². The summed E-state index contributed by atoms with van der Waals surface area (Å²) in [6.07, 6.45) is 2.91. The lowest BCUT2D eigenvalue weighted by Crippen LogP contribution is -2.19. The van der Waals surface area contributed by atoms with Crippen molar-refractivity contribution < 1.29 is 8.42 Å². The fraction of sp³-hybridized carbons (Fsp3) is 0. The number of thiocarbonyl (C=S) groups is 1. The van der Waals surface area contributed by atoms with Gasteiger partial charge in [-0.25, -0.2) is 23.1 Å². The Balaban J connectivity index is 1.65. The minimum atomic E-state index is -3.77. The number of nitrogens with one attached hydrogen (secondary N) is 3. The quantitative estimate of drug-likeness (QED) is 0.494. The number of hydrogen-bond donors (Lipinski definition) is 3. The summed E-state index contributed by atoms with van der Waals surface area (Å²) in [6.45, 7) is 0. The van der Waals surface area contributed by atoms with E-state index in [9.17, 15) is 8.42 Å². The zero-order chi connectivity index (χ0) is 19.3. The van der Waals surface area contributed by atoms with Gasteiger partial charge in [-0.15, -0.1) is 0 Å². The van der Waals surface area contributed by atoms with Crippen LogP contribution in [0.1, 0.15) is 0 Å². The van der Waals surface area contributed by atoms with E-state index >= 15 is 0 Å². The van der Waals surface area contributed by atoms with Gasteiger partial charge in [-0.2, -0.15) is 0 Å². The molecule has 0 saturated carbocycles. The maximum Gasteiger partial charge on any atom is 0.264 e. The molecule has 0 saturated heterocycles. The third-order valence-corrected chi connectivity index (χ3v) is 5.34. The lowest BCUT2D eigenvalue weighted by atomic mass is 10.3. The molecule has 0 aliphatic heterocycles. The second-order valence-corrected chi connectivity index (χ2v) is 8.30. The van der Waals surface area contributed by atoms with Gasteiger partial charge in [0.1, 0.15) is 0 Å². The number of nitrogens with zero attached hydrogens (tertiary/aromatic N) is 2. The van der Waals surface area contributed by atoms with E-state index in [0.717, 1.165) is 10.2 Å². The SMILES string of the molecule is O=S(=O)(Nc1ncccn1)c1ccc(NC(=S)Nc2cccc(Br)c2)cc1. The Hall–Kier alpha value is -2.56. The van der Waals surface area contributed by atoms with Crippen LogP contribution in [0.5, 0.6) is 0 Å². The summed E-state index contributed by atoms with van der Waals surface area (Å²) in [5.41, 5.74) is 1.48. The van der Waals surface area contributed by atoms with Gasteiger partial charge in [0.05, 0.1) is 4.90 Å². The van der Waals surface area contributed by atoms with Gasteiger partial charge in [0.25, 0.3) is 10.0 Å². The Bertz CT molecular complexity index is 1040. The van der Waals surface area contributed by atoms with Crippen molar-refractivity contribution in [2.24, 2.45) is 0 Å². The highest BCUT2D eigenvalue weighted by Crippen LogP contribution is 2.18. The average Bonchev–Trinajstić information content (AvgIpc) is 2.62. The van der Waals surface area contributed by atoms with Gasteiger partial charge in [-0.3, -0.25) is 0 Å². The van der Waals surface area contributed by atoms with Crippen LogP contribution in [0.25, 0.3) is 0 Å². The highest BCUT2D eigenvalue weighted by molar-refractivity contribution is 9.10. The van der Waals surface area contributed by atoms with Crippen molar-refractivity contribution in [3.05, 3.63) is 71.5 Å². The fourth-order valence-corrected chi connectivity index (χ4v) is 3.70.